The number of hydrogen-bond donors (Lipinski definition) is 2. The van der Waals surface area contributed by atoms with Crippen molar-refractivity contribution < 1.29 is 19.5 Å². The van der Waals surface area contributed by atoms with E-state index in [1.807, 2.05) is 30.3 Å². The average molecular weight is 352 g/mol. The van der Waals surface area contributed by atoms with Crippen LogP contribution in [0.4, 0.5) is 11.4 Å². The van der Waals surface area contributed by atoms with Gasteiger partial charge in [0.15, 0.2) is 0 Å². The molecule has 1 atom stereocenters. The highest BCUT2D eigenvalue weighted by atomic mass is 16.4. The van der Waals surface area contributed by atoms with Gasteiger partial charge in [0, 0.05) is 24.3 Å². The Morgan fingerprint density at radius 1 is 1.08 bits per heavy atom. The number of benzene rings is 2. The van der Waals surface area contributed by atoms with Gasteiger partial charge in [0.2, 0.25) is 11.8 Å². The van der Waals surface area contributed by atoms with Gasteiger partial charge in [-0.1, -0.05) is 36.4 Å². The Balaban J connectivity index is 1.72. The molecular weight excluding hydrogens is 332 g/mol. The number of nitrogens with one attached hydrogen (secondary N) is 1. The van der Waals surface area contributed by atoms with Crippen molar-refractivity contribution in [2.45, 2.75) is 19.3 Å². The molecule has 1 saturated heterocycles. The number of para-hydroxylation sites is 2. The third-order valence-electron chi connectivity index (χ3n) is 4.47. The first-order valence-electron chi connectivity index (χ1n) is 8.50. The summed E-state index contributed by atoms with van der Waals surface area (Å²) in [5, 5.41) is 11.8. The SMILES string of the molecule is O=C(O)Cc1ccccc1NC(=O)C1CCC(=O)N(c2ccccc2)C1. The van der Waals surface area contributed by atoms with Crippen LogP contribution in [0.5, 0.6) is 0 Å². The lowest BCUT2D eigenvalue weighted by molar-refractivity contribution is -0.136. The number of piperidine rings is 1. The van der Waals surface area contributed by atoms with Crippen LogP contribution in [0.15, 0.2) is 54.6 Å². The zero-order chi connectivity index (χ0) is 18.5. The zero-order valence-corrected chi connectivity index (χ0v) is 14.2. The summed E-state index contributed by atoms with van der Waals surface area (Å²) in [7, 11) is 0. The molecule has 2 amide bonds. The van der Waals surface area contributed by atoms with Gasteiger partial charge in [0.05, 0.1) is 12.3 Å². The minimum atomic E-state index is -0.954. The van der Waals surface area contributed by atoms with Crippen LogP contribution in [0.25, 0.3) is 0 Å². The molecule has 2 aromatic carbocycles. The molecule has 2 aromatic rings. The Labute approximate surface area is 151 Å². The number of nitrogens with zero attached hydrogens (tertiary/aromatic N) is 1. The van der Waals surface area contributed by atoms with E-state index in [1.54, 1.807) is 29.2 Å². The first kappa shape index (κ1) is 17.7. The molecule has 1 fully saturated rings. The number of amides is 2. The second-order valence-electron chi connectivity index (χ2n) is 6.29. The Bertz CT molecular complexity index is 820. The van der Waals surface area contributed by atoms with Crippen molar-refractivity contribution in [1.82, 2.24) is 0 Å². The Hall–Kier alpha value is -3.15. The summed E-state index contributed by atoms with van der Waals surface area (Å²) < 4.78 is 0. The summed E-state index contributed by atoms with van der Waals surface area (Å²) in [5.41, 5.74) is 1.84. The maximum atomic E-state index is 12.7. The smallest absolute Gasteiger partial charge is 0.307 e. The molecule has 26 heavy (non-hydrogen) atoms. The van der Waals surface area contributed by atoms with Gasteiger partial charge >= 0.3 is 5.97 Å². The molecular formula is C20H20N2O4. The van der Waals surface area contributed by atoms with Crippen LogP contribution >= 0.6 is 0 Å². The molecule has 0 saturated carbocycles. The van der Waals surface area contributed by atoms with E-state index in [9.17, 15) is 14.4 Å². The van der Waals surface area contributed by atoms with Gasteiger partial charge in [0.1, 0.15) is 0 Å². The number of rotatable bonds is 5. The fraction of sp³-hybridized carbons (Fsp3) is 0.250. The normalized spacial score (nSPS) is 17.0. The zero-order valence-electron chi connectivity index (χ0n) is 14.2. The number of carbonyl (C=O) groups is 3. The van der Waals surface area contributed by atoms with Crippen molar-refractivity contribution in [1.29, 1.82) is 0 Å². The van der Waals surface area contributed by atoms with E-state index in [2.05, 4.69) is 5.32 Å². The second-order valence-corrected chi connectivity index (χ2v) is 6.29. The molecule has 0 bridgehead atoms. The molecule has 134 valence electrons. The van der Waals surface area contributed by atoms with Crippen LogP contribution in [-0.4, -0.2) is 29.4 Å². The fourth-order valence-electron chi connectivity index (χ4n) is 3.11. The van der Waals surface area contributed by atoms with E-state index >= 15 is 0 Å². The molecule has 6 nitrogen and oxygen atoms in total. The van der Waals surface area contributed by atoms with Crippen LogP contribution in [-0.2, 0) is 20.8 Å². The minimum Gasteiger partial charge on any atom is -0.481 e. The van der Waals surface area contributed by atoms with Gasteiger partial charge in [-0.3, -0.25) is 14.4 Å². The maximum Gasteiger partial charge on any atom is 0.307 e. The lowest BCUT2D eigenvalue weighted by Gasteiger charge is -2.32. The molecule has 3 rings (SSSR count). The molecule has 0 aliphatic carbocycles. The van der Waals surface area contributed by atoms with E-state index in [4.69, 9.17) is 5.11 Å². The monoisotopic (exact) mass is 352 g/mol. The van der Waals surface area contributed by atoms with E-state index < -0.39 is 5.97 Å². The third kappa shape index (κ3) is 4.08. The summed E-state index contributed by atoms with van der Waals surface area (Å²) in [4.78, 5) is 37.5. The largest absolute Gasteiger partial charge is 0.481 e. The Morgan fingerprint density at radius 3 is 2.50 bits per heavy atom. The van der Waals surface area contributed by atoms with Crippen LogP contribution in [0.3, 0.4) is 0 Å². The fourth-order valence-corrected chi connectivity index (χ4v) is 3.11. The van der Waals surface area contributed by atoms with Crippen molar-refractivity contribution in [3.05, 3.63) is 60.2 Å². The average Bonchev–Trinajstić information content (AvgIpc) is 2.64. The van der Waals surface area contributed by atoms with Crippen LogP contribution in [0, 0.1) is 5.92 Å². The molecule has 1 aliphatic heterocycles. The van der Waals surface area contributed by atoms with Gasteiger partial charge in [-0.25, -0.2) is 0 Å². The Kier molecular flexibility index (Phi) is 5.31. The van der Waals surface area contributed by atoms with Crippen LogP contribution in [0.2, 0.25) is 0 Å². The first-order valence-corrected chi connectivity index (χ1v) is 8.50. The van der Waals surface area contributed by atoms with Gasteiger partial charge in [-0.2, -0.15) is 0 Å². The first-order chi connectivity index (χ1) is 12.5. The van der Waals surface area contributed by atoms with Crippen molar-refractivity contribution in [3.8, 4) is 0 Å². The molecule has 6 heteroatoms. The number of carbonyl (C=O) groups excluding carboxylic acids is 2. The summed E-state index contributed by atoms with van der Waals surface area (Å²) in [5.74, 6) is -1.49. The molecule has 0 radical (unpaired) electrons. The topological polar surface area (TPSA) is 86.7 Å². The van der Waals surface area contributed by atoms with Crippen LogP contribution < -0.4 is 10.2 Å². The number of carboxylic acid groups (broad SMARTS) is 1. The molecule has 1 aliphatic rings. The van der Waals surface area contributed by atoms with Gasteiger partial charge in [-0.15, -0.1) is 0 Å². The summed E-state index contributed by atoms with van der Waals surface area (Å²) in [6.45, 7) is 0.315. The standard InChI is InChI=1S/C20H20N2O4/c23-18-11-10-15(13-22(18)16-7-2-1-3-8-16)20(26)21-17-9-5-4-6-14(17)12-19(24)25/h1-9,15H,10-13H2,(H,21,26)(H,24,25). The lowest BCUT2D eigenvalue weighted by Crippen LogP contribution is -2.44. The highest BCUT2D eigenvalue weighted by Gasteiger charge is 2.31. The van der Waals surface area contributed by atoms with E-state index in [0.717, 1.165) is 5.69 Å². The minimum absolute atomic E-state index is 0.00604. The third-order valence-corrected chi connectivity index (χ3v) is 4.47. The van der Waals surface area contributed by atoms with Crippen molar-refractivity contribution in [3.63, 3.8) is 0 Å². The molecule has 1 heterocycles. The van der Waals surface area contributed by atoms with Crippen LogP contribution in [0.1, 0.15) is 18.4 Å². The lowest BCUT2D eigenvalue weighted by atomic mass is 9.95. The Morgan fingerprint density at radius 2 is 1.77 bits per heavy atom. The highest BCUT2D eigenvalue weighted by molar-refractivity contribution is 5.99. The summed E-state index contributed by atoms with van der Waals surface area (Å²) >= 11 is 0. The number of hydrogen-bond acceptors (Lipinski definition) is 3. The molecule has 0 spiro atoms. The summed E-state index contributed by atoms with van der Waals surface area (Å²) in [6.07, 6.45) is 0.634. The van der Waals surface area contributed by atoms with Crippen molar-refractivity contribution in [2.24, 2.45) is 5.92 Å². The van der Waals surface area contributed by atoms with E-state index in [1.165, 1.54) is 0 Å². The predicted molar refractivity (Wildman–Crippen MR) is 97.9 cm³/mol. The van der Waals surface area contributed by atoms with Gasteiger partial charge in [-0.05, 0) is 30.2 Å². The highest BCUT2D eigenvalue weighted by Crippen LogP contribution is 2.25. The predicted octanol–water partition coefficient (Wildman–Crippen LogP) is 2.70. The van der Waals surface area contributed by atoms with E-state index in [0.29, 0.717) is 30.6 Å². The number of anilines is 2. The summed E-state index contributed by atoms with van der Waals surface area (Å²) in [6, 6.07) is 16.2. The second kappa shape index (κ2) is 7.82. The molecule has 0 aromatic heterocycles. The van der Waals surface area contributed by atoms with E-state index in [-0.39, 0.29) is 24.2 Å². The maximum absolute atomic E-state index is 12.7. The molecule has 1 unspecified atom stereocenters. The number of aliphatic carboxylic acids is 1. The van der Waals surface area contributed by atoms with Gasteiger partial charge in [0.25, 0.3) is 0 Å². The molecule has 2 N–H and O–H groups in total. The quantitative estimate of drug-likeness (QED) is 0.866. The van der Waals surface area contributed by atoms with Gasteiger partial charge < -0.3 is 15.3 Å². The van der Waals surface area contributed by atoms with Crippen molar-refractivity contribution >= 4 is 29.2 Å². The number of carboxylic acids is 1. The van der Waals surface area contributed by atoms with Crippen molar-refractivity contribution in [2.75, 3.05) is 16.8 Å².